The maximum Gasteiger partial charge on any atom is 0.226 e. The summed E-state index contributed by atoms with van der Waals surface area (Å²) in [6.07, 6.45) is 0.701. The van der Waals surface area contributed by atoms with E-state index in [-0.39, 0.29) is 36.7 Å². The van der Waals surface area contributed by atoms with Crippen LogP contribution in [0.25, 0.3) is 0 Å². The number of rotatable bonds is 6. The summed E-state index contributed by atoms with van der Waals surface area (Å²) in [5.74, 6) is 1.90. The zero-order chi connectivity index (χ0) is 16.7. The number of thioether (sulfide) groups is 1. The fraction of sp³-hybridized carbons (Fsp3) is 0.500. The Kier molecular flexibility index (Phi) is 9.51. The summed E-state index contributed by atoms with van der Waals surface area (Å²) in [6.45, 7) is 3.14. The minimum Gasteiger partial charge on any atom is -0.356 e. The van der Waals surface area contributed by atoms with Crippen molar-refractivity contribution in [3.8, 4) is 0 Å². The molecule has 2 amide bonds. The largest absolute Gasteiger partial charge is 0.356 e. The first-order chi connectivity index (χ1) is 11.1. The van der Waals surface area contributed by atoms with Crippen molar-refractivity contribution in [3.63, 3.8) is 0 Å². The molecule has 1 atom stereocenters. The highest BCUT2D eigenvalue weighted by atomic mass is 35.5. The molecular weight excluding hydrogens is 369 g/mol. The molecule has 0 aliphatic carbocycles. The van der Waals surface area contributed by atoms with E-state index in [9.17, 15) is 9.59 Å². The van der Waals surface area contributed by atoms with Gasteiger partial charge >= 0.3 is 0 Å². The number of nitrogens with one attached hydrogen (secondary N) is 3. The van der Waals surface area contributed by atoms with Gasteiger partial charge in [0.25, 0.3) is 0 Å². The highest BCUT2D eigenvalue weighted by molar-refractivity contribution is 7.99. The molecule has 8 heteroatoms. The van der Waals surface area contributed by atoms with Crippen molar-refractivity contribution in [1.82, 2.24) is 10.6 Å². The molecule has 1 saturated heterocycles. The summed E-state index contributed by atoms with van der Waals surface area (Å²) in [5.41, 5.74) is 1.55. The maximum atomic E-state index is 11.9. The lowest BCUT2D eigenvalue weighted by molar-refractivity contribution is -0.121. The smallest absolute Gasteiger partial charge is 0.226 e. The Bertz CT molecular complexity index is 566. The van der Waals surface area contributed by atoms with E-state index < -0.39 is 0 Å². The summed E-state index contributed by atoms with van der Waals surface area (Å²) in [7, 11) is 0. The third kappa shape index (κ3) is 6.89. The first-order valence-electron chi connectivity index (χ1n) is 7.69. The van der Waals surface area contributed by atoms with Crippen LogP contribution in [0.15, 0.2) is 18.2 Å². The van der Waals surface area contributed by atoms with Crippen LogP contribution < -0.4 is 16.0 Å². The Morgan fingerprint density at radius 3 is 2.88 bits per heavy atom. The summed E-state index contributed by atoms with van der Waals surface area (Å²) in [4.78, 5) is 23.8. The van der Waals surface area contributed by atoms with E-state index >= 15 is 0 Å². The highest BCUT2D eigenvalue weighted by Gasteiger charge is 2.16. The maximum absolute atomic E-state index is 11.9. The molecule has 1 unspecified atom stereocenters. The van der Waals surface area contributed by atoms with Crippen LogP contribution >= 0.6 is 35.8 Å². The second-order valence-electron chi connectivity index (χ2n) is 5.49. The number of carbonyl (C=O) groups excluding carboxylic acids is 2. The Hall–Kier alpha value is -0.950. The van der Waals surface area contributed by atoms with Gasteiger partial charge in [0.15, 0.2) is 0 Å². The van der Waals surface area contributed by atoms with Crippen LogP contribution in [0.4, 0.5) is 5.69 Å². The molecule has 1 heterocycles. The van der Waals surface area contributed by atoms with E-state index in [1.807, 2.05) is 24.8 Å². The minimum absolute atomic E-state index is 0. The fourth-order valence-electron chi connectivity index (χ4n) is 2.32. The lowest BCUT2D eigenvalue weighted by Gasteiger charge is -2.22. The zero-order valence-corrected chi connectivity index (χ0v) is 16.0. The van der Waals surface area contributed by atoms with Gasteiger partial charge in [0.1, 0.15) is 0 Å². The quantitative estimate of drug-likeness (QED) is 0.696. The number of halogens is 2. The SMILES string of the molecule is Cc1c(Cl)cccc1NC(=O)CCNC(=O)CC1CSCCN1.Cl. The molecule has 0 bridgehead atoms. The van der Waals surface area contributed by atoms with Gasteiger partial charge in [-0.2, -0.15) is 11.8 Å². The Labute approximate surface area is 158 Å². The molecule has 3 N–H and O–H groups in total. The van der Waals surface area contributed by atoms with Crippen molar-refractivity contribution in [2.75, 3.05) is 29.9 Å². The first kappa shape index (κ1) is 21.1. The molecule has 5 nitrogen and oxygen atoms in total. The number of hydrogen-bond acceptors (Lipinski definition) is 4. The average Bonchev–Trinajstić information content (AvgIpc) is 2.53. The zero-order valence-electron chi connectivity index (χ0n) is 13.6. The van der Waals surface area contributed by atoms with Crippen LogP contribution in [0.5, 0.6) is 0 Å². The van der Waals surface area contributed by atoms with E-state index in [1.54, 1.807) is 12.1 Å². The van der Waals surface area contributed by atoms with Crippen molar-refractivity contribution in [1.29, 1.82) is 0 Å². The van der Waals surface area contributed by atoms with Crippen molar-refractivity contribution < 1.29 is 9.59 Å². The van der Waals surface area contributed by atoms with Crippen molar-refractivity contribution >= 4 is 53.3 Å². The molecule has 1 aliphatic heterocycles. The van der Waals surface area contributed by atoms with Gasteiger partial charge in [-0.1, -0.05) is 17.7 Å². The van der Waals surface area contributed by atoms with Crippen molar-refractivity contribution in [2.45, 2.75) is 25.8 Å². The second kappa shape index (κ2) is 10.8. The summed E-state index contributed by atoms with van der Waals surface area (Å²) in [6, 6.07) is 5.62. The molecule has 1 fully saturated rings. The molecular formula is C16H23Cl2N3O2S. The van der Waals surface area contributed by atoms with Crippen molar-refractivity contribution in [2.24, 2.45) is 0 Å². The second-order valence-corrected chi connectivity index (χ2v) is 7.05. The van der Waals surface area contributed by atoms with E-state index in [0.29, 0.717) is 23.7 Å². The van der Waals surface area contributed by atoms with Gasteiger partial charge in [-0.15, -0.1) is 12.4 Å². The van der Waals surface area contributed by atoms with Crippen LogP contribution in [0.3, 0.4) is 0 Å². The predicted octanol–water partition coefficient (Wildman–Crippen LogP) is 2.61. The standard InChI is InChI=1S/C16H22ClN3O2S.ClH/c1-11-13(17)3-2-4-14(11)20-15(21)5-6-19-16(22)9-12-10-23-8-7-18-12;/h2-4,12,18H,5-10H2,1H3,(H,19,22)(H,20,21);1H. The minimum atomic E-state index is -0.137. The van der Waals surface area contributed by atoms with Crippen LogP contribution in [-0.4, -0.2) is 42.5 Å². The topological polar surface area (TPSA) is 70.2 Å². The number of anilines is 1. The fourth-order valence-corrected chi connectivity index (χ4v) is 3.44. The molecule has 134 valence electrons. The molecule has 0 radical (unpaired) electrons. The van der Waals surface area contributed by atoms with E-state index in [2.05, 4.69) is 16.0 Å². The number of benzene rings is 1. The van der Waals surface area contributed by atoms with Crippen molar-refractivity contribution in [3.05, 3.63) is 28.8 Å². The van der Waals surface area contributed by atoms with Gasteiger partial charge in [-0.05, 0) is 24.6 Å². The van der Waals surface area contributed by atoms with Gasteiger partial charge in [0.2, 0.25) is 11.8 Å². The van der Waals surface area contributed by atoms with Gasteiger partial charge in [-0.25, -0.2) is 0 Å². The lowest BCUT2D eigenvalue weighted by atomic mass is 10.2. The first-order valence-corrected chi connectivity index (χ1v) is 9.22. The van der Waals surface area contributed by atoms with Crippen LogP contribution in [0.1, 0.15) is 18.4 Å². The molecule has 1 aliphatic rings. The van der Waals surface area contributed by atoms with Gasteiger partial charge in [0.05, 0.1) is 0 Å². The predicted molar refractivity (Wildman–Crippen MR) is 103 cm³/mol. The molecule has 0 spiro atoms. The third-order valence-corrected chi connectivity index (χ3v) is 5.19. The van der Waals surface area contributed by atoms with Gasteiger partial charge < -0.3 is 16.0 Å². The molecule has 1 aromatic rings. The van der Waals surface area contributed by atoms with Crippen LogP contribution in [0.2, 0.25) is 5.02 Å². The Balaban J connectivity index is 0.00000288. The Morgan fingerprint density at radius 2 is 2.17 bits per heavy atom. The molecule has 2 rings (SSSR count). The average molecular weight is 392 g/mol. The van der Waals surface area contributed by atoms with E-state index in [0.717, 1.165) is 23.6 Å². The molecule has 24 heavy (non-hydrogen) atoms. The molecule has 1 aromatic carbocycles. The Morgan fingerprint density at radius 1 is 1.38 bits per heavy atom. The monoisotopic (exact) mass is 391 g/mol. The van der Waals surface area contributed by atoms with E-state index in [1.165, 1.54) is 0 Å². The van der Waals surface area contributed by atoms with Gasteiger partial charge in [-0.3, -0.25) is 9.59 Å². The van der Waals surface area contributed by atoms with Gasteiger partial charge in [0, 0.05) is 54.2 Å². The summed E-state index contributed by atoms with van der Waals surface area (Å²) < 4.78 is 0. The number of carbonyl (C=O) groups is 2. The third-order valence-electron chi connectivity index (χ3n) is 3.65. The summed E-state index contributed by atoms with van der Waals surface area (Å²) >= 11 is 7.88. The van der Waals surface area contributed by atoms with Crippen LogP contribution in [-0.2, 0) is 9.59 Å². The normalized spacial score (nSPS) is 16.8. The number of amides is 2. The van der Waals surface area contributed by atoms with E-state index in [4.69, 9.17) is 11.6 Å². The van der Waals surface area contributed by atoms with Crippen LogP contribution in [0, 0.1) is 6.92 Å². The molecule has 0 saturated carbocycles. The lowest BCUT2D eigenvalue weighted by Crippen LogP contribution is -2.41. The number of hydrogen-bond donors (Lipinski definition) is 3. The summed E-state index contributed by atoms with van der Waals surface area (Å²) in [5, 5.41) is 9.55. The highest BCUT2D eigenvalue weighted by Crippen LogP contribution is 2.22. The molecule has 0 aromatic heterocycles.